The number of nitrogens with zero attached hydrogens (tertiary/aromatic N) is 1. The van der Waals surface area contributed by atoms with Gasteiger partial charge in [0.1, 0.15) is 0 Å². The first-order valence-electron chi connectivity index (χ1n) is 5.17. The van der Waals surface area contributed by atoms with Crippen LogP contribution in [0.15, 0.2) is 54.1 Å². The first-order valence-corrected chi connectivity index (χ1v) is 5.17. The number of aliphatic imine (C=N–C) groups is 1. The Morgan fingerprint density at radius 2 is 2.13 bits per heavy atom. The highest BCUT2D eigenvalue weighted by Crippen LogP contribution is 2.11. The van der Waals surface area contributed by atoms with Crippen molar-refractivity contribution in [3.05, 3.63) is 60.2 Å². The van der Waals surface area contributed by atoms with Crippen LogP contribution in [0, 0.1) is 0 Å². The molecule has 1 aromatic rings. The van der Waals surface area contributed by atoms with Crippen molar-refractivity contribution in [3.8, 4) is 0 Å². The van der Waals surface area contributed by atoms with Gasteiger partial charge in [0.15, 0.2) is 0 Å². The molecule has 0 amide bonds. The van der Waals surface area contributed by atoms with E-state index >= 15 is 0 Å². The Morgan fingerprint density at radius 1 is 1.40 bits per heavy atom. The fraction of sp³-hybridized carbons (Fsp3) is 0.214. The van der Waals surface area contributed by atoms with E-state index in [1.165, 1.54) is 11.1 Å². The molecule has 0 heterocycles. The predicted octanol–water partition coefficient (Wildman–Crippen LogP) is 3.41. The van der Waals surface area contributed by atoms with Crippen LogP contribution in [0.4, 0.5) is 0 Å². The van der Waals surface area contributed by atoms with Gasteiger partial charge in [-0.25, -0.2) is 0 Å². The van der Waals surface area contributed by atoms with Gasteiger partial charge in [-0.3, -0.25) is 4.99 Å². The van der Waals surface area contributed by atoms with E-state index in [0.29, 0.717) is 0 Å². The first kappa shape index (κ1) is 11.4. The second-order valence-electron chi connectivity index (χ2n) is 3.21. The molecule has 0 aliphatic rings. The van der Waals surface area contributed by atoms with Crippen molar-refractivity contribution in [1.29, 1.82) is 0 Å². The van der Waals surface area contributed by atoms with Crippen molar-refractivity contribution in [1.82, 2.24) is 0 Å². The van der Waals surface area contributed by atoms with Gasteiger partial charge in [0.05, 0.1) is 5.71 Å². The minimum atomic E-state index is 1.01. The molecule has 0 aliphatic heterocycles. The summed E-state index contributed by atoms with van der Waals surface area (Å²) in [7, 11) is 1.81. The molecular formula is C14H17N. The number of hydrogen-bond donors (Lipinski definition) is 0. The number of benzene rings is 1. The summed E-state index contributed by atoms with van der Waals surface area (Å²) in [6.45, 7) is 5.82. The van der Waals surface area contributed by atoms with Crippen LogP contribution in [0.2, 0.25) is 0 Å². The second-order valence-corrected chi connectivity index (χ2v) is 3.21. The van der Waals surface area contributed by atoms with Crippen LogP contribution in [0.25, 0.3) is 0 Å². The maximum Gasteiger partial charge on any atom is 0.0645 e. The largest absolute Gasteiger partial charge is 0.288 e. The molecule has 0 unspecified atom stereocenters. The van der Waals surface area contributed by atoms with Crippen molar-refractivity contribution in [2.75, 3.05) is 7.05 Å². The lowest BCUT2D eigenvalue weighted by Gasteiger charge is -2.06. The molecule has 1 rings (SSSR count). The minimum absolute atomic E-state index is 1.01. The standard InChI is InChI=1S/C14H17N/c1-4-6-11-14(15-3)13-10-8-7-9-12(13)5-2/h4,6-11H,1,5H2,2-3H3/b11-6-,15-14?. The van der Waals surface area contributed by atoms with Gasteiger partial charge >= 0.3 is 0 Å². The van der Waals surface area contributed by atoms with E-state index in [0.717, 1.165) is 12.1 Å². The zero-order chi connectivity index (χ0) is 11.1. The Hall–Kier alpha value is -1.63. The summed E-state index contributed by atoms with van der Waals surface area (Å²) in [6, 6.07) is 8.35. The number of hydrogen-bond acceptors (Lipinski definition) is 1. The molecule has 0 saturated heterocycles. The summed E-state index contributed by atoms with van der Waals surface area (Å²) in [5.74, 6) is 0. The molecular weight excluding hydrogens is 182 g/mol. The third-order valence-electron chi connectivity index (χ3n) is 2.31. The molecule has 0 radical (unpaired) electrons. The summed E-state index contributed by atoms with van der Waals surface area (Å²) < 4.78 is 0. The van der Waals surface area contributed by atoms with E-state index in [4.69, 9.17) is 0 Å². The van der Waals surface area contributed by atoms with Gasteiger partial charge in [-0.2, -0.15) is 0 Å². The fourth-order valence-electron chi connectivity index (χ4n) is 1.52. The molecule has 0 aliphatic carbocycles. The van der Waals surface area contributed by atoms with Gasteiger partial charge in [0.25, 0.3) is 0 Å². The van der Waals surface area contributed by atoms with Crippen LogP contribution < -0.4 is 0 Å². The van der Waals surface area contributed by atoms with Gasteiger partial charge in [0.2, 0.25) is 0 Å². The van der Waals surface area contributed by atoms with E-state index in [-0.39, 0.29) is 0 Å². The maximum atomic E-state index is 4.29. The average molecular weight is 199 g/mol. The Labute approximate surface area is 91.9 Å². The van der Waals surface area contributed by atoms with Crippen molar-refractivity contribution in [2.45, 2.75) is 13.3 Å². The summed E-state index contributed by atoms with van der Waals surface area (Å²) in [5.41, 5.74) is 3.54. The normalized spacial score (nSPS) is 12.0. The van der Waals surface area contributed by atoms with Gasteiger partial charge in [-0.05, 0) is 18.1 Å². The highest BCUT2D eigenvalue weighted by molar-refractivity contribution is 6.09. The van der Waals surface area contributed by atoms with Crippen molar-refractivity contribution >= 4 is 5.71 Å². The zero-order valence-electron chi connectivity index (χ0n) is 9.40. The fourth-order valence-corrected chi connectivity index (χ4v) is 1.52. The van der Waals surface area contributed by atoms with Gasteiger partial charge in [-0.15, -0.1) is 0 Å². The van der Waals surface area contributed by atoms with E-state index in [1.807, 2.05) is 25.3 Å². The lowest BCUT2D eigenvalue weighted by Crippen LogP contribution is -2.01. The number of allylic oxidation sites excluding steroid dienone is 3. The number of rotatable bonds is 4. The maximum absolute atomic E-state index is 4.29. The van der Waals surface area contributed by atoms with Crippen LogP contribution in [0.3, 0.4) is 0 Å². The summed E-state index contributed by atoms with van der Waals surface area (Å²) >= 11 is 0. The zero-order valence-corrected chi connectivity index (χ0v) is 9.40. The van der Waals surface area contributed by atoms with Gasteiger partial charge in [-0.1, -0.05) is 49.9 Å². The van der Waals surface area contributed by atoms with E-state index in [1.54, 1.807) is 6.08 Å². The SMILES string of the molecule is C=C/C=C\C(=NC)c1ccccc1CC. The van der Waals surface area contributed by atoms with Gasteiger partial charge < -0.3 is 0 Å². The monoisotopic (exact) mass is 199 g/mol. The van der Waals surface area contributed by atoms with Crippen molar-refractivity contribution in [2.24, 2.45) is 4.99 Å². The number of aryl methyl sites for hydroxylation is 1. The summed E-state index contributed by atoms with van der Waals surface area (Å²) in [4.78, 5) is 4.29. The molecule has 15 heavy (non-hydrogen) atoms. The molecule has 1 aromatic carbocycles. The topological polar surface area (TPSA) is 12.4 Å². The summed E-state index contributed by atoms with van der Waals surface area (Å²) in [5, 5.41) is 0. The molecule has 0 saturated carbocycles. The Kier molecular flexibility index (Phi) is 4.55. The highest BCUT2D eigenvalue weighted by Gasteiger charge is 2.03. The van der Waals surface area contributed by atoms with Crippen LogP contribution >= 0.6 is 0 Å². The second kappa shape index (κ2) is 5.97. The first-order chi connectivity index (χ1) is 7.33. The molecule has 0 aromatic heterocycles. The van der Waals surface area contributed by atoms with Crippen LogP contribution in [-0.2, 0) is 6.42 Å². The third-order valence-corrected chi connectivity index (χ3v) is 2.31. The smallest absolute Gasteiger partial charge is 0.0645 e. The third kappa shape index (κ3) is 2.91. The van der Waals surface area contributed by atoms with Crippen LogP contribution in [-0.4, -0.2) is 12.8 Å². The molecule has 1 heteroatoms. The lowest BCUT2D eigenvalue weighted by molar-refractivity contribution is 1.13. The Balaban J connectivity index is 3.12. The van der Waals surface area contributed by atoms with E-state index < -0.39 is 0 Å². The predicted molar refractivity (Wildman–Crippen MR) is 67.6 cm³/mol. The Bertz CT molecular complexity index is 386. The molecule has 1 nitrogen and oxygen atoms in total. The molecule has 0 fully saturated rings. The lowest BCUT2D eigenvalue weighted by atomic mass is 10.0. The van der Waals surface area contributed by atoms with Gasteiger partial charge in [0, 0.05) is 12.6 Å². The average Bonchev–Trinajstić information content (AvgIpc) is 2.30. The molecule has 0 N–H and O–H groups in total. The van der Waals surface area contributed by atoms with Crippen LogP contribution in [0.1, 0.15) is 18.1 Å². The van der Waals surface area contributed by atoms with E-state index in [9.17, 15) is 0 Å². The van der Waals surface area contributed by atoms with Crippen molar-refractivity contribution < 1.29 is 0 Å². The van der Waals surface area contributed by atoms with E-state index in [2.05, 4.69) is 36.7 Å². The molecule has 0 atom stereocenters. The highest BCUT2D eigenvalue weighted by atomic mass is 14.7. The molecule has 0 spiro atoms. The molecule has 0 bridgehead atoms. The quantitative estimate of drug-likeness (QED) is 0.520. The Morgan fingerprint density at radius 3 is 2.73 bits per heavy atom. The van der Waals surface area contributed by atoms with Crippen molar-refractivity contribution in [3.63, 3.8) is 0 Å². The molecule has 78 valence electrons. The minimum Gasteiger partial charge on any atom is -0.288 e. The summed E-state index contributed by atoms with van der Waals surface area (Å²) in [6.07, 6.45) is 6.69. The van der Waals surface area contributed by atoms with Crippen LogP contribution in [0.5, 0.6) is 0 Å².